The summed E-state index contributed by atoms with van der Waals surface area (Å²) in [6.07, 6.45) is 2.20. The predicted octanol–water partition coefficient (Wildman–Crippen LogP) is 1.71. The van der Waals surface area contributed by atoms with E-state index >= 15 is 0 Å². The van der Waals surface area contributed by atoms with Crippen LogP contribution in [0.25, 0.3) is 0 Å². The van der Waals surface area contributed by atoms with Crippen LogP contribution in [0.3, 0.4) is 0 Å². The van der Waals surface area contributed by atoms with Crippen molar-refractivity contribution in [3.63, 3.8) is 0 Å². The van der Waals surface area contributed by atoms with Gasteiger partial charge in [-0.05, 0) is 19.8 Å². The average Bonchev–Trinajstić information content (AvgIpc) is 2.85. The number of carbonyl (C=O) groups is 1. The van der Waals surface area contributed by atoms with Crippen molar-refractivity contribution < 1.29 is 9.53 Å². The van der Waals surface area contributed by atoms with Gasteiger partial charge in [0.25, 0.3) is 0 Å². The van der Waals surface area contributed by atoms with Crippen molar-refractivity contribution in [1.29, 1.82) is 0 Å². The summed E-state index contributed by atoms with van der Waals surface area (Å²) in [6, 6.07) is 0. The molecule has 122 valence electrons. The van der Waals surface area contributed by atoms with E-state index in [-0.39, 0.29) is 30.7 Å². The summed E-state index contributed by atoms with van der Waals surface area (Å²) in [5.41, 5.74) is 6.40. The van der Waals surface area contributed by atoms with Crippen molar-refractivity contribution >= 4 is 42.1 Å². The van der Waals surface area contributed by atoms with Crippen LogP contribution in [0.5, 0.6) is 0 Å². The number of halogens is 2. The molecule has 0 aliphatic carbocycles. The third-order valence-corrected chi connectivity index (χ3v) is 4.48. The molecule has 21 heavy (non-hydrogen) atoms. The van der Waals surface area contributed by atoms with Crippen molar-refractivity contribution in [1.82, 2.24) is 10.3 Å². The molecule has 1 aliphatic heterocycles. The highest BCUT2D eigenvalue weighted by atomic mass is 35.5. The Hall–Kier alpha value is -0.400. The number of nitrogens with two attached hydrogens (primary N) is 1. The van der Waals surface area contributed by atoms with Gasteiger partial charge in [-0.25, -0.2) is 4.98 Å². The molecule has 1 aliphatic rings. The summed E-state index contributed by atoms with van der Waals surface area (Å²) >= 11 is 1.63. The smallest absolute Gasteiger partial charge is 0.227 e. The number of nitrogens with zero attached hydrogens (tertiary/aromatic N) is 1. The molecule has 1 amide bonds. The van der Waals surface area contributed by atoms with Crippen LogP contribution in [-0.2, 0) is 16.0 Å². The Labute approximate surface area is 141 Å². The van der Waals surface area contributed by atoms with Crippen LogP contribution in [0.4, 0.5) is 0 Å². The predicted molar refractivity (Wildman–Crippen MR) is 89.6 cm³/mol. The van der Waals surface area contributed by atoms with E-state index in [2.05, 4.69) is 10.3 Å². The summed E-state index contributed by atoms with van der Waals surface area (Å²) in [6.45, 7) is 4.23. The first kappa shape index (κ1) is 20.6. The lowest BCUT2D eigenvalue weighted by Crippen LogP contribution is -2.49. The van der Waals surface area contributed by atoms with Gasteiger partial charge >= 0.3 is 0 Å². The number of aryl methyl sites for hydroxylation is 1. The highest BCUT2D eigenvalue weighted by Gasteiger charge is 2.38. The van der Waals surface area contributed by atoms with Crippen LogP contribution in [0.15, 0.2) is 5.38 Å². The van der Waals surface area contributed by atoms with Gasteiger partial charge in [0.2, 0.25) is 5.91 Å². The van der Waals surface area contributed by atoms with E-state index in [1.807, 2.05) is 12.3 Å². The second-order valence-corrected chi connectivity index (χ2v) is 6.02. The topological polar surface area (TPSA) is 77.2 Å². The number of carbonyl (C=O) groups excluding carboxylic acids is 1. The number of rotatable bonds is 5. The zero-order valence-electron chi connectivity index (χ0n) is 12.1. The number of hydrogen-bond donors (Lipinski definition) is 2. The first-order valence-electron chi connectivity index (χ1n) is 6.63. The van der Waals surface area contributed by atoms with Crippen molar-refractivity contribution in [3.8, 4) is 0 Å². The number of thiazole rings is 1. The number of amides is 1. The lowest BCUT2D eigenvalue weighted by molar-refractivity contribution is -0.135. The normalized spacial score (nSPS) is 16.5. The first-order valence-corrected chi connectivity index (χ1v) is 7.51. The van der Waals surface area contributed by atoms with Crippen LogP contribution in [0, 0.1) is 12.3 Å². The third kappa shape index (κ3) is 5.38. The largest absolute Gasteiger partial charge is 0.381 e. The summed E-state index contributed by atoms with van der Waals surface area (Å²) in [5.74, 6) is 0.0604. The van der Waals surface area contributed by atoms with Gasteiger partial charge < -0.3 is 15.8 Å². The molecule has 0 radical (unpaired) electrons. The Kier molecular flexibility index (Phi) is 9.40. The molecular formula is C13H23Cl2N3O2S. The molecule has 2 heterocycles. The van der Waals surface area contributed by atoms with E-state index in [0.29, 0.717) is 39.1 Å². The zero-order chi connectivity index (χ0) is 13.7. The monoisotopic (exact) mass is 355 g/mol. The Balaban J connectivity index is 0.00000200. The molecule has 1 fully saturated rings. The maximum absolute atomic E-state index is 12.3. The molecule has 0 bridgehead atoms. The van der Waals surface area contributed by atoms with Gasteiger partial charge in [0.15, 0.2) is 0 Å². The highest BCUT2D eigenvalue weighted by Crippen LogP contribution is 2.29. The quantitative estimate of drug-likeness (QED) is 0.842. The van der Waals surface area contributed by atoms with Crippen molar-refractivity contribution in [2.45, 2.75) is 26.2 Å². The third-order valence-electron chi connectivity index (χ3n) is 3.66. The molecule has 2 rings (SSSR count). The van der Waals surface area contributed by atoms with Gasteiger partial charge in [-0.2, -0.15) is 0 Å². The minimum Gasteiger partial charge on any atom is -0.381 e. The molecule has 0 atom stereocenters. The fourth-order valence-electron chi connectivity index (χ4n) is 2.30. The summed E-state index contributed by atoms with van der Waals surface area (Å²) < 4.78 is 5.31. The van der Waals surface area contributed by atoms with Crippen molar-refractivity contribution in [3.05, 3.63) is 16.1 Å². The molecule has 1 saturated heterocycles. The number of ether oxygens (including phenoxy) is 1. The Bertz CT molecular complexity index is 437. The van der Waals surface area contributed by atoms with E-state index < -0.39 is 5.41 Å². The molecule has 3 N–H and O–H groups in total. The molecule has 0 saturated carbocycles. The minimum atomic E-state index is -0.434. The molecule has 0 spiro atoms. The number of hydrogen-bond acceptors (Lipinski definition) is 5. The highest BCUT2D eigenvalue weighted by molar-refractivity contribution is 7.09. The first-order chi connectivity index (χ1) is 9.16. The molecule has 1 aromatic rings. The lowest BCUT2D eigenvalue weighted by Gasteiger charge is -2.34. The summed E-state index contributed by atoms with van der Waals surface area (Å²) in [7, 11) is 0. The SMILES string of the molecule is Cc1nc(CCNC(=O)C2(CN)CCOCC2)cs1.Cl.Cl. The zero-order valence-corrected chi connectivity index (χ0v) is 14.5. The summed E-state index contributed by atoms with van der Waals surface area (Å²) in [4.78, 5) is 16.7. The maximum Gasteiger partial charge on any atom is 0.227 e. The number of aromatic nitrogens is 1. The van der Waals surface area contributed by atoms with Gasteiger partial charge in [0.1, 0.15) is 0 Å². The Morgan fingerprint density at radius 1 is 1.48 bits per heavy atom. The van der Waals surface area contributed by atoms with Gasteiger partial charge in [-0.1, -0.05) is 0 Å². The van der Waals surface area contributed by atoms with Crippen LogP contribution in [0.2, 0.25) is 0 Å². The van der Waals surface area contributed by atoms with Crippen molar-refractivity contribution in [2.24, 2.45) is 11.1 Å². The Morgan fingerprint density at radius 3 is 2.67 bits per heavy atom. The Morgan fingerprint density at radius 2 is 2.14 bits per heavy atom. The van der Waals surface area contributed by atoms with Crippen LogP contribution in [0.1, 0.15) is 23.5 Å². The van der Waals surface area contributed by atoms with Crippen LogP contribution >= 0.6 is 36.2 Å². The van der Waals surface area contributed by atoms with E-state index in [0.717, 1.165) is 17.1 Å². The fraction of sp³-hybridized carbons (Fsp3) is 0.692. The van der Waals surface area contributed by atoms with Gasteiger partial charge in [0, 0.05) is 38.1 Å². The minimum absolute atomic E-state index is 0. The van der Waals surface area contributed by atoms with E-state index in [4.69, 9.17) is 10.5 Å². The standard InChI is InChI=1S/C13H21N3O2S.2ClH/c1-10-16-11(8-19-10)2-5-15-12(17)13(9-14)3-6-18-7-4-13;;/h8H,2-7,9,14H2,1H3,(H,15,17);2*1H. The van der Waals surface area contributed by atoms with E-state index in [1.165, 1.54) is 0 Å². The molecule has 5 nitrogen and oxygen atoms in total. The summed E-state index contributed by atoms with van der Waals surface area (Å²) in [5, 5.41) is 6.09. The van der Waals surface area contributed by atoms with Crippen LogP contribution < -0.4 is 11.1 Å². The van der Waals surface area contributed by atoms with Gasteiger partial charge in [-0.3, -0.25) is 4.79 Å². The number of nitrogens with one attached hydrogen (secondary N) is 1. The molecule has 0 unspecified atom stereocenters. The maximum atomic E-state index is 12.3. The second kappa shape index (κ2) is 9.58. The fourth-order valence-corrected chi connectivity index (χ4v) is 2.95. The van der Waals surface area contributed by atoms with Gasteiger partial charge in [0.05, 0.1) is 16.1 Å². The van der Waals surface area contributed by atoms with E-state index in [1.54, 1.807) is 11.3 Å². The average molecular weight is 356 g/mol. The molecule has 1 aromatic heterocycles. The molecule has 0 aromatic carbocycles. The second-order valence-electron chi connectivity index (χ2n) is 4.96. The van der Waals surface area contributed by atoms with Crippen LogP contribution in [-0.4, -0.2) is 37.2 Å². The van der Waals surface area contributed by atoms with Crippen molar-refractivity contribution in [2.75, 3.05) is 26.3 Å². The van der Waals surface area contributed by atoms with Gasteiger partial charge in [-0.15, -0.1) is 36.2 Å². The van der Waals surface area contributed by atoms with E-state index in [9.17, 15) is 4.79 Å². The molecular weight excluding hydrogens is 333 g/mol. The molecule has 8 heteroatoms. The lowest BCUT2D eigenvalue weighted by atomic mass is 9.79.